The van der Waals surface area contributed by atoms with E-state index in [0.29, 0.717) is 25.5 Å². The highest BCUT2D eigenvalue weighted by Crippen LogP contribution is 2.44. The van der Waals surface area contributed by atoms with E-state index in [0.717, 1.165) is 32.0 Å². The molecule has 2 fully saturated rings. The van der Waals surface area contributed by atoms with E-state index >= 15 is 0 Å². The molecule has 0 aliphatic carbocycles. The van der Waals surface area contributed by atoms with Gasteiger partial charge in [-0.3, -0.25) is 9.69 Å². The molecule has 0 unspecified atom stereocenters. The lowest BCUT2D eigenvalue weighted by Gasteiger charge is -2.26. The van der Waals surface area contributed by atoms with Crippen LogP contribution in [-0.2, 0) is 22.6 Å². The smallest absolute Gasteiger partial charge is 0.221 e. The number of hydrogen-bond donors (Lipinski definition) is 1. The first-order valence-corrected chi connectivity index (χ1v) is 9.23. The van der Waals surface area contributed by atoms with Gasteiger partial charge < -0.3 is 14.5 Å². The maximum atomic E-state index is 12.4. The van der Waals surface area contributed by atoms with Gasteiger partial charge in [0.05, 0.1) is 26.0 Å². The topological polar surface area (TPSA) is 54.7 Å². The molecule has 2 aromatic heterocycles. The van der Waals surface area contributed by atoms with Crippen LogP contribution in [-0.4, -0.2) is 37.1 Å². The van der Waals surface area contributed by atoms with Crippen LogP contribution in [0.2, 0.25) is 0 Å². The fourth-order valence-electron chi connectivity index (χ4n) is 3.92. The quantitative estimate of drug-likeness (QED) is 0.873. The van der Waals surface area contributed by atoms with Crippen LogP contribution in [0, 0.1) is 11.3 Å². The molecule has 128 valence electrons. The van der Waals surface area contributed by atoms with Gasteiger partial charge in [-0.25, -0.2) is 0 Å². The van der Waals surface area contributed by atoms with Gasteiger partial charge in [0.15, 0.2) is 0 Å². The summed E-state index contributed by atoms with van der Waals surface area (Å²) in [6, 6.07) is 7.98. The Hall–Kier alpha value is -1.63. The first kappa shape index (κ1) is 15.9. The number of hydrogen-bond acceptors (Lipinski definition) is 5. The fourth-order valence-corrected chi connectivity index (χ4v) is 4.66. The number of carbonyl (C=O) groups is 1. The van der Waals surface area contributed by atoms with Crippen molar-refractivity contribution in [2.24, 2.45) is 11.3 Å². The molecule has 24 heavy (non-hydrogen) atoms. The summed E-state index contributed by atoms with van der Waals surface area (Å²) in [5, 5.41) is 5.09. The molecule has 0 spiro atoms. The Balaban J connectivity index is 1.36. The average Bonchev–Trinajstić information content (AvgIpc) is 3.30. The van der Waals surface area contributed by atoms with Crippen LogP contribution in [0.3, 0.4) is 0 Å². The van der Waals surface area contributed by atoms with Crippen molar-refractivity contribution < 1.29 is 13.9 Å². The predicted molar refractivity (Wildman–Crippen MR) is 91.5 cm³/mol. The van der Waals surface area contributed by atoms with E-state index in [1.807, 2.05) is 12.1 Å². The number of thiophene rings is 1. The maximum absolute atomic E-state index is 12.4. The lowest BCUT2D eigenvalue weighted by Crippen LogP contribution is -2.37. The van der Waals surface area contributed by atoms with E-state index in [4.69, 9.17) is 9.15 Å². The molecule has 0 saturated carbocycles. The molecule has 5 nitrogen and oxygen atoms in total. The zero-order valence-electron chi connectivity index (χ0n) is 13.6. The Morgan fingerprint density at radius 3 is 3.17 bits per heavy atom. The highest BCUT2D eigenvalue weighted by Gasteiger charge is 2.51. The minimum Gasteiger partial charge on any atom is -0.467 e. The molecule has 0 aromatic carbocycles. The van der Waals surface area contributed by atoms with Crippen molar-refractivity contribution in [1.29, 1.82) is 0 Å². The van der Waals surface area contributed by atoms with Crippen LogP contribution in [0.4, 0.5) is 0 Å². The summed E-state index contributed by atoms with van der Waals surface area (Å²) in [6.07, 6.45) is 2.15. The standard InChI is InChI=1S/C18H22N2O3S/c21-17(19-8-15-3-1-5-23-15)7-18-12-20(9-14(18)11-22-13-18)10-16-4-2-6-24-16/h1-6,14H,7-13H2,(H,19,21)/t14-,18+/m0/s1. The normalized spacial score (nSPS) is 26.6. The minimum atomic E-state index is -0.0372. The number of carbonyl (C=O) groups excluding carboxylic acids is 1. The second-order valence-corrected chi connectivity index (χ2v) is 7.89. The van der Waals surface area contributed by atoms with Crippen molar-refractivity contribution in [2.45, 2.75) is 19.5 Å². The third kappa shape index (κ3) is 3.27. The largest absolute Gasteiger partial charge is 0.467 e. The van der Waals surface area contributed by atoms with Gasteiger partial charge in [-0.05, 0) is 23.6 Å². The summed E-state index contributed by atoms with van der Waals surface area (Å²) in [7, 11) is 0. The highest BCUT2D eigenvalue weighted by atomic mass is 32.1. The predicted octanol–water partition coefficient (Wildman–Crippen LogP) is 2.50. The first-order valence-electron chi connectivity index (χ1n) is 8.35. The van der Waals surface area contributed by atoms with Crippen molar-refractivity contribution in [2.75, 3.05) is 26.3 Å². The summed E-state index contributed by atoms with van der Waals surface area (Å²) >= 11 is 1.79. The van der Waals surface area contributed by atoms with Gasteiger partial charge in [0, 0.05) is 42.3 Å². The third-order valence-electron chi connectivity index (χ3n) is 5.10. The monoisotopic (exact) mass is 346 g/mol. The number of nitrogens with zero attached hydrogens (tertiary/aromatic N) is 1. The Labute approximate surface area is 145 Å². The number of fused-ring (bicyclic) bond motifs is 1. The van der Waals surface area contributed by atoms with E-state index < -0.39 is 0 Å². The Morgan fingerprint density at radius 2 is 2.38 bits per heavy atom. The number of rotatable bonds is 6. The second-order valence-electron chi connectivity index (χ2n) is 6.86. The van der Waals surface area contributed by atoms with Crippen LogP contribution in [0.1, 0.15) is 17.1 Å². The van der Waals surface area contributed by atoms with Crippen LogP contribution >= 0.6 is 11.3 Å². The van der Waals surface area contributed by atoms with E-state index in [1.165, 1.54) is 4.88 Å². The Kier molecular flexibility index (Phi) is 4.43. The molecule has 1 amide bonds. The number of furan rings is 1. The van der Waals surface area contributed by atoms with Gasteiger partial charge in [-0.2, -0.15) is 0 Å². The van der Waals surface area contributed by atoms with Crippen LogP contribution in [0.15, 0.2) is 40.3 Å². The Bertz CT molecular complexity index is 671. The van der Waals surface area contributed by atoms with Crippen molar-refractivity contribution in [3.05, 3.63) is 46.5 Å². The van der Waals surface area contributed by atoms with Gasteiger partial charge in [0.1, 0.15) is 5.76 Å². The van der Waals surface area contributed by atoms with E-state index in [2.05, 4.69) is 27.7 Å². The lowest BCUT2D eigenvalue weighted by atomic mass is 9.78. The molecule has 1 N–H and O–H groups in total. The van der Waals surface area contributed by atoms with Gasteiger partial charge in [0.25, 0.3) is 0 Å². The van der Waals surface area contributed by atoms with Crippen molar-refractivity contribution in [1.82, 2.24) is 10.2 Å². The number of ether oxygens (including phenoxy) is 1. The molecule has 2 aliphatic heterocycles. The Morgan fingerprint density at radius 1 is 1.42 bits per heavy atom. The lowest BCUT2D eigenvalue weighted by molar-refractivity contribution is -0.124. The SMILES string of the molecule is O=C(C[C@@]12COC[C@@H]1CN(Cc1cccs1)C2)NCc1ccco1. The molecule has 2 aromatic rings. The number of likely N-dealkylation sites (tertiary alicyclic amines) is 1. The summed E-state index contributed by atoms with van der Waals surface area (Å²) in [5.41, 5.74) is -0.0372. The average molecular weight is 346 g/mol. The van der Waals surface area contributed by atoms with E-state index in [-0.39, 0.29) is 11.3 Å². The molecular weight excluding hydrogens is 324 g/mol. The van der Waals surface area contributed by atoms with Gasteiger partial charge in [-0.15, -0.1) is 11.3 Å². The molecule has 2 atom stereocenters. The first-order chi connectivity index (χ1) is 11.7. The fraction of sp³-hybridized carbons (Fsp3) is 0.500. The third-order valence-corrected chi connectivity index (χ3v) is 5.96. The van der Waals surface area contributed by atoms with E-state index in [1.54, 1.807) is 17.6 Å². The molecule has 2 aliphatic rings. The summed E-state index contributed by atoms with van der Waals surface area (Å²) in [5.74, 6) is 1.32. The van der Waals surface area contributed by atoms with Crippen LogP contribution in [0.25, 0.3) is 0 Å². The summed E-state index contributed by atoms with van der Waals surface area (Å²) in [4.78, 5) is 16.3. The van der Waals surface area contributed by atoms with E-state index in [9.17, 15) is 4.79 Å². The molecule has 0 radical (unpaired) electrons. The molecule has 4 rings (SSSR count). The van der Waals surface area contributed by atoms with Gasteiger partial charge >= 0.3 is 0 Å². The minimum absolute atomic E-state index is 0.0372. The number of amides is 1. The summed E-state index contributed by atoms with van der Waals surface area (Å²) < 4.78 is 11.0. The van der Waals surface area contributed by atoms with Gasteiger partial charge in [0.2, 0.25) is 5.91 Å². The van der Waals surface area contributed by atoms with Crippen molar-refractivity contribution in [3.63, 3.8) is 0 Å². The number of nitrogens with one attached hydrogen (secondary N) is 1. The summed E-state index contributed by atoms with van der Waals surface area (Å²) in [6.45, 7) is 4.84. The maximum Gasteiger partial charge on any atom is 0.221 e. The molecule has 0 bridgehead atoms. The van der Waals surface area contributed by atoms with Crippen LogP contribution in [0.5, 0.6) is 0 Å². The molecule has 6 heteroatoms. The van der Waals surface area contributed by atoms with Gasteiger partial charge in [-0.1, -0.05) is 6.07 Å². The highest BCUT2D eigenvalue weighted by molar-refractivity contribution is 7.09. The van der Waals surface area contributed by atoms with Crippen molar-refractivity contribution in [3.8, 4) is 0 Å². The molecule has 4 heterocycles. The van der Waals surface area contributed by atoms with Crippen molar-refractivity contribution >= 4 is 17.2 Å². The second kappa shape index (κ2) is 6.70. The molecule has 2 saturated heterocycles. The van der Waals surface area contributed by atoms with Crippen LogP contribution < -0.4 is 5.32 Å². The zero-order chi connectivity index (χ0) is 16.4. The zero-order valence-corrected chi connectivity index (χ0v) is 14.4. The molecular formula is C18H22N2O3S.